The molecule has 64 heavy (non-hydrogen) atoms. The zero-order chi connectivity index (χ0) is 46.3. The van der Waals surface area contributed by atoms with Crippen LogP contribution in [-0.2, 0) is 4.79 Å². The highest BCUT2D eigenvalue weighted by Crippen LogP contribution is 2.17. The Balaban J connectivity index is 3.54. The van der Waals surface area contributed by atoms with Crippen molar-refractivity contribution < 1.29 is 15.0 Å². The van der Waals surface area contributed by atoms with E-state index in [2.05, 4.69) is 86.0 Å². The number of aliphatic hydroxyl groups excluding tert-OH is 2. The Morgan fingerprint density at radius 3 is 1.00 bits per heavy atom. The summed E-state index contributed by atoms with van der Waals surface area (Å²) in [6.45, 7) is 4.18. The standard InChI is InChI=1S/C60H107NO3/c1-3-5-7-9-11-13-15-17-19-21-23-24-25-26-27-28-29-30-31-32-33-34-35-36-38-39-41-43-45-47-49-51-53-55-59(63)58(57-62)61-60(64)56-54-52-50-48-46-44-42-40-37-22-20-18-16-14-12-10-8-6-4-2/h6,8,12,14,18,20,37,40,44,46,50,52-53,55,58-59,62-63H,3-5,7,9-11,13,15-17,19,21-36,38-39,41-43,45,47-49,51,54,56-57H2,1-2H3,(H,61,64)/b8-6-,14-12-,20-18-,40-37-,46-44-,52-50-,55-53+. The van der Waals surface area contributed by atoms with E-state index in [0.29, 0.717) is 12.8 Å². The summed E-state index contributed by atoms with van der Waals surface area (Å²) in [7, 11) is 0. The highest BCUT2D eigenvalue weighted by molar-refractivity contribution is 5.76. The molecule has 0 aliphatic carbocycles. The van der Waals surface area contributed by atoms with Crippen LogP contribution in [0.2, 0.25) is 0 Å². The monoisotopic (exact) mass is 890 g/mol. The molecule has 0 aromatic heterocycles. The Morgan fingerprint density at radius 2 is 0.688 bits per heavy atom. The number of amides is 1. The molecular formula is C60H107NO3. The third kappa shape index (κ3) is 50.6. The Bertz CT molecular complexity index is 1150. The van der Waals surface area contributed by atoms with Gasteiger partial charge in [-0.25, -0.2) is 0 Å². The van der Waals surface area contributed by atoms with Crippen molar-refractivity contribution in [1.29, 1.82) is 0 Å². The lowest BCUT2D eigenvalue weighted by atomic mass is 10.0. The van der Waals surface area contributed by atoms with Gasteiger partial charge in [-0.1, -0.05) is 292 Å². The van der Waals surface area contributed by atoms with Crippen LogP contribution in [0.4, 0.5) is 0 Å². The lowest BCUT2D eigenvalue weighted by molar-refractivity contribution is -0.122. The molecule has 0 aliphatic rings. The van der Waals surface area contributed by atoms with E-state index in [1.54, 1.807) is 6.08 Å². The zero-order valence-corrected chi connectivity index (χ0v) is 42.5. The summed E-state index contributed by atoms with van der Waals surface area (Å²) < 4.78 is 0. The van der Waals surface area contributed by atoms with E-state index in [1.165, 1.54) is 193 Å². The SMILES string of the molecule is CC/C=C\C/C=C\C/C=C\C/C=C\C/C=C\C/C=C\CCC(=O)NC(CO)C(O)/C=C/CCCCCCCCCCCCCCCCCCCCCCCCCCCCCCCCC. The number of rotatable bonds is 50. The van der Waals surface area contributed by atoms with Crippen molar-refractivity contribution in [3.05, 3.63) is 85.1 Å². The van der Waals surface area contributed by atoms with Crippen molar-refractivity contribution in [3.8, 4) is 0 Å². The molecular weight excluding hydrogens is 783 g/mol. The summed E-state index contributed by atoms with van der Waals surface area (Å²) in [6.07, 6.45) is 80.5. The average Bonchev–Trinajstić information content (AvgIpc) is 3.30. The third-order valence-electron chi connectivity index (χ3n) is 12.4. The fourth-order valence-corrected chi connectivity index (χ4v) is 8.20. The quantitative estimate of drug-likeness (QED) is 0.0421. The van der Waals surface area contributed by atoms with Crippen molar-refractivity contribution in [3.63, 3.8) is 0 Å². The van der Waals surface area contributed by atoms with E-state index in [9.17, 15) is 15.0 Å². The van der Waals surface area contributed by atoms with Crippen molar-refractivity contribution in [2.75, 3.05) is 6.61 Å². The molecule has 0 aromatic rings. The number of nitrogens with one attached hydrogen (secondary N) is 1. The number of hydrogen-bond donors (Lipinski definition) is 3. The van der Waals surface area contributed by atoms with Gasteiger partial charge in [-0.2, -0.15) is 0 Å². The molecule has 0 fully saturated rings. The molecule has 0 saturated heterocycles. The van der Waals surface area contributed by atoms with Crippen LogP contribution < -0.4 is 5.32 Å². The Morgan fingerprint density at radius 1 is 0.391 bits per heavy atom. The van der Waals surface area contributed by atoms with Crippen LogP contribution in [0.25, 0.3) is 0 Å². The first kappa shape index (κ1) is 61.6. The summed E-state index contributed by atoms with van der Waals surface area (Å²) in [5.41, 5.74) is 0. The second-order valence-corrected chi connectivity index (χ2v) is 18.6. The first-order valence-corrected chi connectivity index (χ1v) is 27.8. The summed E-state index contributed by atoms with van der Waals surface area (Å²) in [5.74, 6) is -0.146. The summed E-state index contributed by atoms with van der Waals surface area (Å²) in [5, 5.41) is 23.1. The van der Waals surface area contributed by atoms with Crippen LogP contribution in [0.3, 0.4) is 0 Å². The minimum Gasteiger partial charge on any atom is -0.394 e. The predicted molar refractivity (Wildman–Crippen MR) is 285 cm³/mol. The number of hydrogen-bond acceptors (Lipinski definition) is 3. The van der Waals surface area contributed by atoms with E-state index in [4.69, 9.17) is 0 Å². The fourth-order valence-electron chi connectivity index (χ4n) is 8.20. The molecule has 0 saturated carbocycles. The van der Waals surface area contributed by atoms with Crippen LogP contribution in [0.1, 0.15) is 271 Å². The van der Waals surface area contributed by atoms with Crippen molar-refractivity contribution in [2.45, 2.75) is 283 Å². The Kier molecular flexibility index (Phi) is 52.8. The molecule has 2 atom stereocenters. The number of carbonyl (C=O) groups is 1. The first-order chi connectivity index (χ1) is 31.7. The Hall–Kier alpha value is -2.43. The number of carbonyl (C=O) groups excluding carboxylic acids is 1. The second-order valence-electron chi connectivity index (χ2n) is 18.6. The number of aliphatic hydroxyl groups is 2. The number of unbranched alkanes of at least 4 members (excludes halogenated alkanes) is 31. The summed E-state index contributed by atoms with van der Waals surface area (Å²) in [6, 6.07) is -0.669. The number of allylic oxidation sites excluding steroid dienone is 13. The van der Waals surface area contributed by atoms with Crippen LogP contribution in [0.15, 0.2) is 85.1 Å². The van der Waals surface area contributed by atoms with Crippen molar-refractivity contribution in [1.82, 2.24) is 5.32 Å². The summed E-state index contributed by atoms with van der Waals surface area (Å²) >= 11 is 0. The third-order valence-corrected chi connectivity index (χ3v) is 12.4. The normalized spacial score (nSPS) is 13.5. The van der Waals surface area contributed by atoms with Gasteiger partial charge in [0.15, 0.2) is 0 Å². The zero-order valence-electron chi connectivity index (χ0n) is 42.5. The van der Waals surface area contributed by atoms with Crippen LogP contribution >= 0.6 is 0 Å². The van der Waals surface area contributed by atoms with Gasteiger partial charge in [-0.3, -0.25) is 4.79 Å². The van der Waals surface area contributed by atoms with Gasteiger partial charge in [-0.15, -0.1) is 0 Å². The van der Waals surface area contributed by atoms with Crippen LogP contribution in [-0.4, -0.2) is 34.9 Å². The minimum absolute atomic E-state index is 0.146. The van der Waals surface area contributed by atoms with Gasteiger partial charge in [0.2, 0.25) is 5.91 Å². The molecule has 0 aromatic carbocycles. The van der Waals surface area contributed by atoms with Gasteiger partial charge in [0.25, 0.3) is 0 Å². The van der Waals surface area contributed by atoms with Crippen LogP contribution in [0.5, 0.6) is 0 Å². The van der Waals surface area contributed by atoms with Crippen molar-refractivity contribution >= 4 is 5.91 Å². The van der Waals surface area contributed by atoms with E-state index < -0.39 is 12.1 Å². The first-order valence-electron chi connectivity index (χ1n) is 27.8. The lowest BCUT2D eigenvalue weighted by Crippen LogP contribution is -2.45. The fraction of sp³-hybridized carbons (Fsp3) is 0.750. The molecule has 0 radical (unpaired) electrons. The van der Waals surface area contributed by atoms with Gasteiger partial charge >= 0.3 is 0 Å². The average molecular weight is 891 g/mol. The Labute approximate surface area is 399 Å². The van der Waals surface area contributed by atoms with E-state index >= 15 is 0 Å². The van der Waals surface area contributed by atoms with Gasteiger partial charge in [0, 0.05) is 6.42 Å². The van der Waals surface area contributed by atoms with Crippen LogP contribution in [0, 0.1) is 0 Å². The van der Waals surface area contributed by atoms with E-state index in [0.717, 1.165) is 51.4 Å². The molecule has 1 amide bonds. The molecule has 370 valence electrons. The molecule has 0 rings (SSSR count). The largest absolute Gasteiger partial charge is 0.394 e. The molecule has 0 bridgehead atoms. The highest BCUT2D eigenvalue weighted by atomic mass is 16.3. The molecule has 4 heteroatoms. The van der Waals surface area contributed by atoms with E-state index in [1.807, 2.05) is 12.2 Å². The second kappa shape index (κ2) is 54.9. The summed E-state index contributed by atoms with van der Waals surface area (Å²) in [4.78, 5) is 12.4. The molecule has 0 aliphatic heterocycles. The van der Waals surface area contributed by atoms with Gasteiger partial charge in [0.05, 0.1) is 18.8 Å². The molecule has 2 unspecified atom stereocenters. The molecule has 4 nitrogen and oxygen atoms in total. The maximum Gasteiger partial charge on any atom is 0.220 e. The minimum atomic E-state index is -0.877. The van der Waals surface area contributed by atoms with Gasteiger partial charge in [-0.05, 0) is 57.8 Å². The molecule has 0 spiro atoms. The predicted octanol–water partition coefficient (Wildman–Crippen LogP) is 18.4. The maximum absolute atomic E-state index is 12.4. The lowest BCUT2D eigenvalue weighted by Gasteiger charge is -2.19. The molecule has 0 heterocycles. The van der Waals surface area contributed by atoms with Gasteiger partial charge < -0.3 is 15.5 Å². The maximum atomic E-state index is 12.4. The van der Waals surface area contributed by atoms with E-state index in [-0.39, 0.29) is 12.5 Å². The molecule has 3 N–H and O–H groups in total. The van der Waals surface area contributed by atoms with Crippen molar-refractivity contribution in [2.24, 2.45) is 0 Å². The van der Waals surface area contributed by atoms with Gasteiger partial charge in [0.1, 0.15) is 0 Å². The smallest absolute Gasteiger partial charge is 0.220 e. The topological polar surface area (TPSA) is 69.6 Å². The highest BCUT2D eigenvalue weighted by Gasteiger charge is 2.17.